The van der Waals surface area contributed by atoms with E-state index in [9.17, 15) is 0 Å². The van der Waals surface area contributed by atoms with E-state index >= 15 is 0 Å². The lowest BCUT2D eigenvalue weighted by molar-refractivity contribution is 1.07. The van der Waals surface area contributed by atoms with Gasteiger partial charge in [-0.15, -0.1) is 24.2 Å². The molecule has 50 heavy (non-hydrogen) atoms. The van der Waals surface area contributed by atoms with Crippen molar-refractivity contribution in [1.29, 1.82) is 5.41 Å². The number of nitrogens with two attached hydrogens (primary N) is 1. The first-order valence-electron chi connectivity index (χ1n) is 16.6. The highest BCUT2D eigenvalue weighted by atomic mass is 32.1. The van der Waals surface area contributed by atoms with E-state index in [1.165, 1.54) is 65.3 Å². The second-order valence-electron chi connectivity index (χ2n) is 11.5. The molecule has 0 fully saturated rings. The molecule has 7 aromatic rings. The maximum absolute atomic E-state index is 7.87. The normalized spacial score (nSPS) is 10.7. The van der Waals surface area contributed by atoms with Crippen LogP contribution < -0.4 is 5.73 Å². The Hall–Kier alpha value is -5.79. The van der Waals surface area contributed by atoms with Gasteiger partial charge in [0.2, 0.25) is 0 Å². The van der Waals surface area contributed by atoms with Gasteiger partial charge in [-0.05, 0) is 71.9 Å². The third kappa shape index (κ3) is 10.4. The number of hydrogen-bond donors (Lipinski definition) is 2. The molecule has 248 valence electrons. The van der Waals surface area contributed by atoms with Gasteiger partial charge in [0.1, 0.15) is 0 Å². The van der Waals surface area contributed by atoms with Gasteiger partial charge in [-0.3, -0.25) is 0 Å². The summed E-state index contributed by atoms with van der Waals surface area (Å²) < 4.78 is 2.50. The minimum atomic E-state index is 0.640. The molecule has 3 N–H and O–H groups in total. The van der Waals surface area contributed by atoms with Crippen LogP contribution in [-0.2, 0) is 13.0 Å². The number of aryl methyl sites for hydroxylation is 1. The Morgan fingerprint density at radius 3 is 1.90 bits per heavy atom. The zero-order valence-corrected chi connectivity index (χ0v) is 29.6. The maximum Gasteiger partial charge on any atom is 0.0361 e. The largest absolute Gasteiger partial charge is 0.326 e. The van der Waals surface area contributed by atoms with Crippen molar-refractivity contribution in [3.05, 3.63) is 198 Å². The van der Waals surface area contributed by atoms with Gasteiger partial charge in [0, 0.05) is 38.5 Å². The lowest BCUT2D eigenvalue weighted by Crippen LogP contribution is -1.94. The van der Waals surface area contributed by atoms with Crippen molar-refractivity contribution < 1.29 is 0 Å². The summed E-state index contributed by atoms with van der Waals surface area (Å²) in [7, 11) is 0. The molecule has 0 atom stereocenters. The summed E-state index contributed by atoms with van der Waals surface area (Å²) in [6.45, 7) is 4.77. The van der Waals surface area contributed by atoms with Crippen molar-refractivity contribution in [2.24, 2.45) is 5.73 Å². The van der Waals surface area contributed by atoms with Crippen molar-refractivity contribution in [2.75, 3.05) is 0 Å². The predicted octanol–water partition coefficient (Wildman–Crippen LogP) is 12.3. The molecule has 0 saturated carbocycles. The van der Waals surface area contributed by atoms with Crippen LogP contribution in [0.3, 0.4) is 0 Å². The number of fused-ring (bicyclic) bond motifs is 3. The van der Waals surface area contributed by atoms with Gasteiger partial charge in [-0.1, -0.05) is 157 Å². The molecule has 0 aliphatic carbocycles. The molecule has 1 aromatic heterocycles. The second kappa shape index (κ2) is 19.9. The zero-order valence-electron chi connectivity index (χ0n) is 28.8. The third-order valence-corrected chi connectivity index (χ3v) is 9.13. The SMILES string of the molecule is C#C.C/C=C\C=C(/Cc1cccc(-c2ccccc2)c1)c1ccc2sc3cccc(C=N)c3c2c1.Cc1ccccc1.NCc1ccccc1. The quantitative estimate of drug-likeness (QED) is 0.0991. The van der Waals surface area contributed by atoms with Crippen molar-refractivity contribution in [2.45, 2.75) is 26.8 Å². The van der Waals surface area contributed by atoms with Gasteiger partial charge in [-0.25, -0.2) is 0 Å². The standard InChI is InChI=1S/C31H25NS.C7H9N.C7H8.C2H2/c1-2-3-10-25(19-22-9-7-13-24(18-22)23-11-5-4-6-12-23)26-16-17-29-28(20-26)31-27(21-32)14-8-15-30(31)33-29;8-6-7-4-2-1-3-5-7;1-7-5-3-2-4-6-7;1-2/h2-18,20-21,32H,19H2,1H3;1-5H,6,8H2;2-6H,1H3;1-2H/b3-2-,25-10+,32-21?;;;. The number of hydrogen-bond acceptors (Lipinski definition) is 3. The van der Waals surface area contributed by atoms with Crippen LogP contribution in [-0.4, -0.2) is 6.21 Å². The summed E-state index contributed by atoms with van der Waals surface area (Å²) >= 11 is 1.80. The van der Waals surface area contributed by atoms with E-state index in [4.69, 9.17) is 11.1 Å². The first-order chi connectivity index (χ1) is 24.6. The molecule has 2 nitrogen and oxygen atoms in total. The van der Waals surface area contributed by atoms with Gasteiger partial charge < -0.3 is 11.1 Å². The fourth-order valence-electron chi connectivity index (χ4n) is 5.50. The van der Waals surface area contributed by atoms with Gasteiger partial charge in [0.15, 0.2) is 0 Å². The molecule has 0 unspecified atom stereocenters. The first-order valence-corrected chi connectivity index (χ1v) is 17.4. The van der Waals surface area contributed by atoms with Crippen LogP contribution >= 0.6 is 11.3 Å². The zero-order chi connectivity index (χ0) is 35.6. The molecule has 0 saturated heterocycles. The molecule has 0 bridgehead atoms. The fraction of sp³-hybridized carbons (Fsp3) is 0.0851. The van der Waals surface area contributed by atoms with Crippen LogP contribution in [0.4, 0.5) is 0 Å². The Balaban J connectivity index is 0.000000270. The summed E-state index contributed by atoms with van der Waals surface area (Å²) in [4.78, 5) is 0. The van der Waals surface area contributed by atoms with Crippen molar-refractivity contribution >= 4 is 43.3 Å². The van der Waals surface area contributed by atoms with Crippen LogP contribution in [0.25, 0.3) is 36.9 Å². The van der Waals surface area contributed by atoms with Gasteiger partial charge in [0.25, 0.3) is 0 Å². The fourth-order valence-corrected chi connectivity index (χ4v) is 6.62. The number of nitrogens with one attached hydrogen (secondary N) is 1. The van der Waals surface area contributed by atoms with Gasteiger partial charge in [-0.2, -0.15) is 0 Å². The highest BCUT2D eigenvalue weighted by Gasteiger charge is 2.11. The lowest BCUT2D eigenvalue weighted by atomic mass is 9.94. The number of rotatable bonds is 7. The Bertz CT molecular complexity index is 2160. The number of benzene rings is 6. The monoisotopic (exact) mass is 668 g/mol. The van der Waals surface area contributed by atoms with Crippen LogP contribution in [0.1, 0.15) is 34.7 Å². The molecule has 0 radical (unpaired) electrons. The molecule has 7 rings (SSSR count). The van der Waals surface area contributed by atoms with E-state index < -0.39 is 0 Å². The predicted molar refractivity (Wildman–Crippen MR) is 221 cm³/mol. The molecule has 0 spiro atoms. The van der Waals surface area contributed by atoms with Crippen molar-refractivity contribution in [1.82, 2.24) is 0 Å². The van der Waals surface area contributed by atoms with E-state index in [1.807, 2.05) is 60.7 Å². The molecule has 0 amide bonds. The summed E-state index contributed by atoms with van der Waals surface area (Å²) in [6.07, 6.45) is 16.7. The minimum Gasteiger partial charge on any atom is -0.326 e. The summed E-state index contributed by atoms with van der Waals surface area (Å²) in [5, 5.41) is 10.3. The molecular weight excluding hydrogens is 625 g/mol. The summed E-state index contributed by atoms with van der Waals surface area (Å²) in [6, 6.07) is 52.6. The van der Waals surface area contributed by atoms with Crippen LogP contribution in [0.2, 0.25) is 0 Å². The molecule has 0 aliphatic rings. The van der Waals surface area contributed by atoms with E-state index in [2.05, 4.69) is 136 Å². The second-order valence-corrected chi connectivity index (χ2v) is 12.6. The molecule has 0 aliphatic heterocycles. The van der Waals surface area contributed by atoms with Crippen molar-refractivity contribution in [3.8, 4) is 24.0 Å². The number of thiophene rings is 1. The van der Waals surface area contributed by atoms with Crippen LogP contribution in [0.5, 0.6) is 0 Å². The maximum atomic E-state index is 7.87. The lowest BCUT2D eigenvalue weighted by Gasteiger charge is -2.11. The topological polar surface area (TPSA) is 49.9 Å². The van der Waals surface area contributed by atoms with E-state index in [1.54, 1.807) is 11.3 Å². The summed E-state index contributed by atoms with van der Waals surface area (Å²) in [5.74, 6) is 0. The Morgan fingerprint density at radius 2 is 1.30 bits per heavy atom. The van der Waals surface area contributed by atoms with Gasteiger partial charge in [0.05, 0.1) is 0 Å². The van der Waals surface area contributed by atoms with E-state index in [0.29, 0.717) is 6.54 Å². The Labute approximate surface area is 301 Å². The highest BCUT2D eigenvalue weighted by Crippen LogP contribution is 2.37. The Kier molecular flexibility index (Phi) is 14.7. The van der Waals surface area contributed by atoms with E-state index in [-0.39, 0.29) is 0 Å². The number of terminal acetylenes is 1. The molecule has 1 heterocycles. The first kappa shape index (κ1) is 37.0. The minimum absolute atomic E-state index is 0.640. The smallest absolute Gasteiger partial charge is 0.0361 e. The average Bonchev–Trinajstić information content (AvgIpc) is 3.57. The third-order valence-electron chi connectivity index (χ3n) is 7.99. The molecular formula is C47H44N2S. The summed E-state index contributed by atoms with van der Waals surface area (Å²) in [5.41, 5.74) is 15.1. The molecule has 3 heteroatoms. The van der Waals surface area contributed by atoms with Crippen molar-refractivity contribution in [3.63, 3.8) is 0 Å². The van der Waals surface area contributed by atoms with Gasteiger partial charge >= 0.3 is 0 Å². The number of allylic oxidation sites excluding steroid dienone is 4. The Morgan fingerprint density at radius 1 is 0.680 bits per heavy atom. The highest BCUT2D eigenvalue weighted by molar-refractivity contribution is 7.25. The average molecular weight is 669 g/mol. The van der Waals surface area contributed by atoms with Crippen LogP contribution in [0.15, 0.2) is 170 Å². The van der Waals surface area contributed by atoms with E-state index in [0.717, 1.165) is 12.0 Å². The molecule has 6 aromatic carbocycles. The van der Waals surface area contributed by atoms with Crippen LogP contribution in [0, 0.1) is 25.2 Å².